The third-order valence-corrected chi connectivity index (χ3v) is 6.90. The van der Waals surface area contributed by atoms with Crippen LogP contribution in [0.15, 0.2) is 164 Å². The second kappa shape index (κ2) is 125. The summed E-state index contributed by atoms with van der Waals surface area (Å²) in [6.07, 6.45) is 0. The summed E-state index contributed by atoms with van der Waals surface area (Å²) >= 11 is 0. The van der Waals surface area contributed by atoms with Crippen LogP contribution in [0.5, 0.6) is 34.5 Å². The minimum atomic E-state index is 0.740. The van der Waals surface area contributed by atoms with Crippen LogP contribution in [0.25, 0.3) is 0 Å². The van der Waals surface area contributed by atoms with Crippen LogP contribution in [0.2, 0.25) is 0 Å². The lowest BCUT2D eigenvalue weighted by molar-refractivity contribution is 0.340. The zero-order chi connectivity index (χ0) is 66.2. The van der Waals surface area contributed by atoms with E-state index in [-0.39, 0.29) is 0 Å². The standard InChI is InChI=1S/4C8H10O.2C7H8O.14C2H6/c1-7-3-5-8(9-2)6-4-7;2*1-7-5-3-4-6-8(7)9-2;1-2-9-8-6-4-3-5-7-8;2*1-8-7-5-3-2-4-6-7;14*1-2/h3*3-6H,1-2H3;3-7H,2H2,1H3;2*2-6H,1H3;14*1-2H3. The fourth-order valence-electron chi connectivity index (χ4n) is 4.04. The summed E-state index contributed by atoms with van der Waals surface area (Å²) in [6.45, 7) is 64.8. The number of methoxy groups -OCH3 is 5. The van der Waals surface area contributed by atoms with E-state index in [4.69, 9.17) is 28.4 Å². The quantitative estimate of drug-likeness (QED) is 0.159. The van der Waals surface area contributed by atoms with Gasteiger partial charge >= 0.3 is 0 Å². The minimum absolute atomic E-state index is 0.740. The Bertz CT molecular complexity index is 1590. The summed E-state index contributed by atoms with van der Waals surface area (Å²) < 4.78 is 30.1. The van der Waals surface area contributed by atoms with E-state index < -0.39 is 0 Å². The third kappa shape index (κ3) is 91.6. The van der Waals surface area contributed by atoms with Crippen LogP contribution in [0, 0.1) is 20.8 Å². The second-order valence-electron chi connectivity index (χ2n) is 10.7. The van der Waals surface area contributed by atoms with Crippen molar-refractivity contribution in [1.29, 1.82) is 0 Å². The topological polar surface area (TPSA) is 55.4 Å². The fraction of sp³-hybridized carbons (Fsp3) is 0.514. The maximum absolute atomic E-state index is 5.21. The van der Waals surface area contributed by atoms with Crippen molar-refractivity contribution >= 4 is 0 Å². The van der Waals surface area contributed by atoms with E-state index in [1.165, 1.54) is 16.7 Å². The molecule has 0 atom stereocenters. The molecule has 0 saturated carbocycles. The third-order valence-electron chi connectivity index (χ3n) is 6.90. The first-order valence-electron chi connectivity index (χ1n) is 31.0. The molecule has 0 aromatic heterocycles. The van der Waals surface area contributed by atoms with Crippen molar-refractivity contribution in [3.8, 4) is 34.5 Å². The van der Waals surface area contributed by atoms with Gasteiger partial charge in [0.2, 0.25) is 0 Å². The Morgan fingerprint density at radius 1 is 0.225 bits per heavy atom. The molecule has 80 heavy (non-hydrogen) atoms. The van der Waals surface area contributed by atoms with E-state index in [9.17, 15) is 0 Å². The predicted molar refractivity (Wildman–Crippen MR) is 376 cm³/mol. The second-order valence-corrected chi connectivity index (χ2v) is 10.7. The Morgan fingerprint density at radius 2 is 0.425 bits per heavy atom. The van der Waals surface area contributed by atoms with Crippen molar-refractivity contribution in [3.05, 3.63) is 180 Å². The van der Waals surface area contributed by atoms with Crippen LogP contribution >= 0.6 is 0 Å². The monoisotopic (exact) mass is 1130 g/mol. The molecule has 6 rings (SSSR count). The van der Waals surface area contributed by atoms with Gasteiger partial charge in [-0.3, -0.25) is 0 Å². The molecule has 0 saturated heterocycles. The maximum atomic E-state index is 5.21. The number of para-hydroxylation sites is 5. The Morgan fingerprint density at radius 3 is 0.600 bits per heavy atom. The zero-order valence-electron chi connectivity index (χ0n) is 60.2. The highest BCUT2D eigenvalue weighted by Gasteiger charge is 1.92. The molecule has 0 aliphatic carbocycles. The van der Waals surface area contributed by atoms with Crippen LogP contribution < -0.4 is 28.4 Å². The molecule has 6 heteroatoms. The molecular weight excluding hydrogens is 985 g/mol. The Balaban J connectivity index is -0.0000000500. The van der Waals surface area contributed by atoms with Gasteiger partial charge in [-0.25, -0.2) is 0 Å². The van der Waals surface area contributed by atoms with Gasteiger partial charge in [-0.2, -0.15) is 0 Å². The summed E-state index contributed by atoms with van der Waals surface area (Å²) in [4.78, 5) is 0. The lowest BCUT2D eigenvalue weighted by Crippen LogP contribution is -1.89. The van der Waals surface area contributed by atoms with Crippen molar-refractivity contribution in [2.75, 3.05) is 42.2 Å². The van der Waals surface area contributed by atoms with E-state index in [1.54, 1.807) is 35.5 Å². The maximum Gasteiger partial charge on any atom is 0.121 e. The van der Waals surface area contributed by atoms with Gasteiger partial charge in [0.1, 0.15) is 34.5 Å². The molecule has 0 amide bonds. The van der Waals surface area contributed by atoms with Gasteiger partial charge in [0.15, 0.2) is 0 Å². The number of hydrogen-bond donors (Lipinski definition) is 0. The molecule has 0 N–H and O–H groups in total. The molecule has 0 radical (unpaired) electrons. The number of aryl methyl sites for hydroxylation is 3. The first-order chi connectivity index (χ1) is 39.3. The molecule has 6 nitrogen and oxygen atoms in total. The summed E-state index contributed by atoms with van der Waals surface area (Å²) in [5.41, 5.74) is 3.62. The Kier molecular flexibility index (Phi) is 172. The van der Waals surface area contributed by atoms with Gasteiger partial charge in [0.05, 0.1) is 42.2 Å². The number of ether oxygens (including phenoxy) is 6. The molecule has 0 aliphatic rings. The highest BCUT2D eigenvalue weighted by atomic mass is 16.5. The van der Waals surface area contributed by atoms with Crippen LogP contribution in [0.1, 0.15) is 217 Å². The van der Waals surface area contributed by atoms with Crippen molar-refractivity contribution in [2.24, 2.45) is 0 Å². The molecule has 0 fully saturated rings. The predicted octanol–water partition coefficient (Wildman–Crippen LogP) is 25.9. The lowest BCUT2D eigenvalue weighted by Gasteiger charge is -2.00. The van der Waals surface area contributed by atoms with Gasteiger partial charge in [-0.15, -0.1) is 0 Å². The average Bonchev–Trinajstić information content (AvgIpc) is 3.59. The molecule has 0 heterocycles. The SMILES string of the molecule is CC.CC.CC.CC.CC.CC.CC.CC.CC.CC.CC.CC.CC.CC.CCOc1ccccc1.COc1ccc(C)cc1.COc1ccccc1.COc1ccccc1.COc1ccccc1C.COc1ccccc1C. The smallest absolute Gasteiger partial charge is 0.121 e. The zero-order valence-corrected chi connectivity index (χ0v) is 60.2. The highest BCUT2D eigenvalue weighted by Crippen LogP contribution is 2.15. The van der Waals surface area contributed by atoms with E-state index in [0.717, 1.165) is 41.1 Å². The molecule has 0 aliphatic heterocycles. The van der Waals surface area contributed by atoms with Gasteiger partial charge in [0.25, 0.3) is 0 Å². The van der Waals surface area contributed by atoms with Crippen LogP contribution in [-0.4, -0.2) is 42.2 Å². The van der Waals surface area contributed by atoms with Gasteiger partial charge < -0.3 is 28.4 Å². The van der Waals surface area contributed by atoms with Crippen molar-refractivity contribution in [2.45, 2.75) is 222 Å². The first-order valence-corrected chi connectivity index (χ1v) is 31.0. The first kappa shape index (κ1) is 110. The lowest BCUT2D eigenvalue weighted by atomic mass is 10.2. The normalized spacial score (nSPS) is 6.86. The van der Waals surface area contributed by atoms with Crippen LogP contribution in [-0.2, 0) is 0 Å². The van der Waals surface area contributed by atoms with Crippen molar-refractivity contribution in [3.63, 3.8) is 0 Å². The molecule has 0 unspecified atom stereocenters. The number of rotatable bonds is 7. The largest absolute Gasteiger partial charge is 0.497 e. The van der Waals surface area contributed by atoms with Crippen molar-refractivity contribution in [1.82, 2.24) is 0 Å². The van der Waals surface area contributed by atoms with E-state index >= 15 is 0 Å². The average molecular weight is 1130 g/mol. The Labute approximate surface area is 504 Å². The van der Waals surface area contributed by atoms with Crippen LogP contribution in [0.4, 0.5) is 0 Å². The molecular formula is C74H140O6. The van der Waals surface area contributed by atoms with E-state index in [2.05, 4.69) is 6.92 Å². The van der Waals surface area contributed by atoms with Crippen LogP contribution in [0.3, 0.4) is 0 Å². The van der Waals surface area contributed by atoms with E-state index in [1.807, 2.05) is 378 Å². The highest BCUT2D eigenvalue weighted by molar-refractivity contribution is 5.32. The Hall–Kier alpha value is -5.88. The number of hydrogen-bond acceptors (Lipinski definition) is 6. The molecule has 0 bridgehead atoms. The van der Waals surface area contributed by atoms with Gasteiger partial charge in [-0.05, 0) is 99.5 Å². The summed E-state index contributed by atoms with van der Waals surface area (Å²) in [5.74, 6) is 5.59. The molecule has 6 aromatic carbocycles. The van der Waals surface area contributed by atoms with E-state index in [0.29, 0.717) is 0 Å². The fourth-order valence-corrected chi connectivity index (χ4v) is 4.04. The van der Waals surface area contributed by atoms with Gasteiger partial charge in [0, 0.05) is 0 Å². The molecule has 0 spiro atoms. The van der Waals surface area contributed by atoms with Crippen molar-refractivity contribution < 1.29 is 28.4 Å². The number of benzene rings is 6. The summed E-state index contributed by atoms with van der Waals surface area (Å²) in [5, 5.41) is 0. The molecule has 472 valence electrons. The minimum Gasteiger partial charge on any atom is -0.497 e. The van der Waals surface area contributed by atoms with Gasteiger partial charge in [-0.1, -0.05) is 303 Å². The molecule has 6 aromatic rings. The summed E-state index contributed by atoms with van der Waals surface area (Å²) in [7, 11) is 8.36. The summed E-state index contributed by atoms with van der Waals surface area (Å²) in [6, 6.07) is 53.0.